The van der Waals surface area contributed by atoms with E-state index in [9.17, 15) is 4.79 Å². The van der Waals surface area contributed by atoms with Crippen molar-refractivity contribution in [2.45, 2.75) is 32.7 Å². The number of morpholine rings is 1. The van der Waals surface area contributed by atoms with Crippen molar-refractivity contribution < 1.29 is 9.53 Å². The van der Waals surface area contributed by atoms with Crippen LogP contribution in [0.1, 0.15) is 31.7 Å². The highest BCUT2D eigenvalue weighted by Crippen LogP contribution is 2.13. The van der Waals surface area contributed by atoms with E-state index in [1.807, 2.05) is 12.1 Å². The molecule has 1 saturated heterocycles. The number of hydrogen-bond donors (Lipinski definition) is 1. The zero-order valence-electron chi connectivity index (χ0n) is 15.1. The number of rotatable bonds is 9. The Balaban J connectivity index is 1.71. The minimum absolute atomic E-state index is 0.0827. The van der Waals surface area contributed by atoms with E-state index in [2.05, 4.69) is 41.2 Å². The van der Waals surface area contributed by atoms with Crippen LogP contribution < -0.4 is 5.32 Å². The van der Waals surface area contributed by atoms with Crippen LogP contribution in [0.4, 0.5) is 5.69 Å². The quantitative estimate of drug-likeness (QED) is 0.754. The molecule has 1 aliphatic heterocycles. The first kappa shape index (κ1) is 18.9. The molecule has 0 aliphatic carbocycles. The topological polar surface area (TPSA) is 44.8 Å². The summed E-state index contributed by atoms with van der Waals surface area (Å²) < 4.78 is 5.37. The largest absolute Gasteiger partial charge is 0.379 e. The van der Waals surface area contributed by atoms with Gasteiger partial charge in [0.15, 0.2) is 0 Å². The second-order valence-corrected chi connectivity index (χ2v) is 6.54. The molecule has 1 N–H and O–H groups in total. The Bertz CT molecular complexity index is 484. The SMILES string of the molecule is CCCCN(C)CCC(=O)Nc1ccc(CN2CCOCC2)cc1. The van der Waals surface area contributed by atoms with Crippen LogP contribution in [-0.4, -0.2) is 62.1 Å². The molecule has 2 rings (SSSR count). The van der Waals surface area contributed by atoms with Gasteiger partial charge in [-0.1, -0.05) is 25.5 Å². The van der Waals surface area contributed by atoms with E-state index in [1.165, 1.54) is 18.4 Å². The molecule has 0 bridgehead atoms. The third kappa shape index (κ3) is 6.99. The van der Waals surface area contributed by atoms with Crippen molar-refractivity contribution in [3.63, 3.8) is 0 Å². The van der Waals surface area contributed by atoms with Crippen LogP contribution in [0.5, 0.6) is 0 Å². The fraction of sp³-hybridized carbons (Fsp3) is 0.632. The fourth-order valence-corrected chi connectivity index (χ4v) is 2.77. The summed E-state index contributed by atoms with van der Waals surface area (Å²) in [6, 6.07) is 8.18. The Morgan fingerprint density at radius 1 is 1.21 bits per heavy atom. The maximum atomic E-state index is 12.0. The van der Waals surface area contributed by atoms with Gasteiger partial charge in [0, 0.05) is 38.3 Å². The minimum Gasteiger partial charge on any atom is -0.379 e. The third-order valence-electron chi connectivity index (χ3n) is 4.36. The number of benzene rings is 1. The first-order chi connectivity index (χ1) is 11.7. The average Bonchev–Trinajstić information content (AvgIpc) is 2.61. The van der Waals surface area contributed by atoms with Gasteiger partial charge in [-0.3, -0.25) is 9.69 Å². The van der Waals surface area contributed by atoms with E-state index in [4.69, 9.17) is 4.74 Å². The highest BCUT2D eigenvalue weighted by Gasteiger charge is 2.10. The van der Waals surface area contributed by atoms with Crippen LogP contribution in [0.15, 0.2) is 24.3 Å². The molecule has 0 aromatic heterocycles. The molecule has 0 atom stereocenters. The fourth-order valence-electron chi connectivity index (χ4n) is 2.77. The Morgan fingerprint density at radius 3 is 2.58 bits per heavy atom. The van der Waals surface area contributed by atoms with E-state index >= 15 is 0 Å². The lowest BCUT2D eigenvalue weighted by Gasteiger charge is -2.26. The summed E-state index contributed by atoms with van der Waals surface area (Å²) in [5, 5.41) is 2.99. The summed E-state index contributed by atoms with van der Waals surface area (Å²) >= 11 is 0. The summed E-state index contributed by atoms with van der Waals surface area (Å²) in [7, 11) is 2.07. The highest BCUT2D eigenvalue weighted by molar-refractivity contribution is 5.90. The van der Waals surface area contributed by atoms with Crippen molar-refractivity contribution in [2.24, 2.45) is 0 Å². The van der Waals surface area contributed by atoms with E-state index in [0.717, 1.165) is 51.6 Å². The summed E-state index contributed by atoms with van der Waals surface area (Å²) in [6.07, 6.45) is 2.91. The van der Waals surface area contributed by atoms with Crippen LogP contribution in [0.25, 0.3) is 0 Å². The molecule has 0 unspecified atom stereocenters. The number of nitrogens with zero attached hydrogens (tertiary/aromatic N) is 2. The zero-order valence-corrected chi connectivity index (χ0v) is 15.1. The molecular weight excluding hydrogens is 302 g/mol. The normalized spacial score (nSPS) is 15.6. The van der Waals surface area contributed by atoms with Gasteiger partial charge in [0.05, 0.1) is 13.2 Å². The lowest BCUT2D eigenvalue weighted by atomic mass is 10.2. The number of anilines is 1. The zero-order chi connectivity index (χ0) is 17.2. The number of unbranched alkanes of at least 4 members (excludes halogenated alkanes) is 1. The van der Waals surface area contributed by atoms with Crippen LogP contribution >= 0.6 is 0 Å². The number of nitrogens with one attached hydrogen (secondary N) is 1. The summed E-state index contributed by atoms with van der Waals surface area (Å²) in [6.45, 7) is 8.61. The highest BCUT2D eigenvalue weighted by atomic mass is 16.5. The van der Waals surface area contributed by atoms with Crippen LogP contribution in [0.3, 0.4) is 0 Å². The molecular formula is C19H31N3O2. The number of ether oxygens (including phenoxy) is 1. The Labute approximate surface area is 146 Å². The molecule has 0 radical (unpaired) electrons. The molecule has 1 heterocycles. The average molecular weight is 333 g/mol. The molecule has 1 aromatic rings. The van der Waals surface area contributed by atoms with E-state index < -0.39 is 0 Å². The van der Waals surface area contributed by atoms with Gasteiger partial charge >= 0.3 is 0 Å². The minimum atomic E-state index is 0.0827. The summed E-state index contributed by atoms with van der Waals surface area (Å²) in [4.78, 5) is 16.6. The third-order valence-corrected chi connectivity index (χ3v) is 4.36. The molecule has 5 nitrogen and oxygen atoms in total. The molecule has 1 aliphatic rings. The second kappa shape index (κ2) is 10.4. The van der Waals surface area contributed by atoms with Crippen molar-refractivity contribution in [1.29, 1.82) is 0 Å². The maximum absolute atomic E-state index is 12.0. The number of amides is 1. The van der Waals surface area contributed by atoms with Gasteiger partial charge in [-0.25, -0.2) is 0 Å². The van der Waals surface area contributed by atoms with Crippen molar-refractivity contribution in [3.8, 4) is 0 Å². The van der Waals surface area contributed by atoms with Gasteiger partial charge in [-0.15, -0.1) is 0 Å². The molecule has 134 valence electrons. The molecule has 0 spiro atoms. The van der Waals surface area contributed by atoms with E-state index in [0.29, 0.717) is 6.42 Å². The monoisotopic (exact) mass is 333 g/mol. The molecule has 1 aromatic carbocycles. The van der Waals surface area contributed by atoms with Crippen molar-refractivity contribution in [2.75, 3.05) is 51.8 Å². The van der Waals surface area contributed by atoms with E-state index in [-0.39, 0.29) is 5.91 Å². The van der Waals surface area contributed by atoms with Crippen molar-refractivity contribution in [3.05, 3.63) is 29.8 Å². The predicted octanol–water partition coefficient (Wildman–Crippen LogP) is 2.58. The molecule has 1 amide bonds. The number of carbonyl (C=O) groups excluding carboxylic acids is 1. The molecule has 0 saturated carbocycles. The lowest BCUT2D eigenvalue weighted by molar-refractivity contribution is -0.116. The predicted molar refractivity (Wildman–Crippen MR) is 98.2 cm³/mol. The van der Waals surface area contributed by atoms with Crippen molar-refractivity contribution >= 4 is 11.6 Å². The number of hydrogen-bond acceptors (Lipinski definition) is 4. The van der Waals surface area contributed by atoms with Crippen molar-refractivity contribution in [1.82, 2.24) is 9.80 Å². The summed E-state index contributed by atoms with van der Waals surface area (Å²) in [5.74, 6) is 0.0827. The number of carbonyl (C=O) groups is 1. The Hall–Kier alpha value is -1.43. The Kier molecular flexibility index (Phi) is 8.22. The standard InChI is InChI=1S/C19H31N3O2/c1-3-4-10-21(2)11-9-19(23)20-18-7-5-17(6-8-18)16-22-12-14-24-15-13-22/h5-8H,3-4,9-16H2,1-2H3,(H,20,23). The Morgan fingerprint density at radius 2 is 1.92 bits per heavy atom. The van der Waals surface area contributed by atoms with Crippen LogP contribution in [-0.2, 0) is 16.1 Å². The van der Waals surface area contributed by atoms with Gasteiger partial charge in [0.25, 0.3) is 0 Å². The first-order valence-corrected chi connectivity index (χ1v) is 9.05. The summed E-state index contributed by atoms with van der Waals surface area (Å²) in [5.41, 5.74) is 2.15. The van der Waals surface area contributed by atoms with Gasteiger partial charge in [-0.05, 0) is 37.7 Å². The van der Waals surface area contributed by atoms with Gasteiger partial charge < -0.3 is 15.0 Å². The van der Waals surface area contributed by atoms with Gasteiger partial charge in [0.1, 0.15) is 0 Å². The maximum Gasteiger partial charge on any atom is 0.225 e. The van der Waals surface area contributed by atoms with Crippen LogP contribution in [0.2, 0.25) is 0 Å². The van der Waals surface area contributed by atoms with Gasteiger partial charge in [-0.2, -0.15) is 0 Å². The lowest BCUT2D eigenvalue weighted by Crippen LogP contribution is -2.35. The van der Waals surface area contributed by atoms with Gasteiger partial charge in [0.2, 0.25) is 5.91 Å². The van der Waals surface area contributed by atoms with Crippen LogP contribution in [0, 0.1) is 0 Å². The molecule has 1 fully saturated rings. The van der Waals surface area contributed by atoms with E-state index in [1.54, 1.807) is 0 Å². The molecule has 24 heavy (non-hydrogen) atoms. The molecule has 5 heteroatoms. The first-order valence-electron chi connectivity index (χ1n) is 9.05. The second-order valence-electron chi connectivity index (χ2n) is 6.54. The smallest absolute Gasteiger partial charge is 0.225 e.